The number of esters is 1. The standard InChI is InChI=1S/C7H15NO2/c1-7(2,3)10-6(9)4-5-8/h4-5,8H2,1-3H3/p+1. The van der Waals surface area contributed by atoms with Crippen molar-refractivity contribution in [3.8, 4) is 0 Å². The van der Waals surface area contributed by atoms with Crippen molar-refractivity contribution in [2.45, 2.75) is 32.8 Å². The summed E-state index contributed by atoms with van der Waals surface area (Å²) in [4.78, 5) is 10.8. The summed E-state index contributed by atoms with van der Waals surface area (Å²) in [6, 6.07) is 0. The van der Waals surface area contributed by atoms with Gasteiger partial charge in [-0.05, 0) is 20.8 Å². The second kappa shape index (κ2) is 3.56. The van der Waals surface area contributed by atoms with E-state index in [1.165, 1.54) is 0 Å². The van der Waals surface area contributed by atoms with Crippen molar-refractivity contribution in [2.75, 3.05) is 6.54 Å². The minimum Gasteiger partial charge on any atom is -0.460 e. The predicted molar refractivity (Wildman–Crippen MR) is 38.2 cm³/mol. The van der Waals surface area contributed by atoms with Crippen LogP contribution >= 0.6 is 0 Å². The molecule has 3 nitrogen and oxygen atoms in total. The van der Waals surface area contributed by atoms with Crippen LogP contribution in [0.3, 0.4) is 0 Å². The minimum atomic E-state index is -0.355. The van der Waals surface area contributed by atoms with Gasteiger partial charge in [0.1, 0.15) is 5.60 Å². The summed E-state index contributed by atoms with van der Waals surface area (Å²) >= 11 is 0. The van der Waals surface area contributed by atoms with E-state index >= 15 is 0 Å². The molecule has 0 bridgehead atoms. The van der Waals surface area contributed by atoms with Crippen LogP contribution in [-0.2, 0) is 9.53 Å². The summed E-state index contributed by atoms with van der Waals surface area (Å²) < 4.78 is 5.00. The molecule has 0 atom stereocenters. The quantitative estimate of drug-likeness (QED) is 0.556. The first-order chi connectivity index (χ1) is 4.45. The second-order valence-electron chi connectivity index (χ2n) is 3.19. The molecule has 0 fully saturated rings. The van der Waals surface area contributed by atoms with Gasteiger partial charge in [-0.15, -0.1) is 0 Å². The maximum Gasteiger partial charge on any atom is 0.312 e. The Hall–Kier alpha value is -0.570. The van der Waals surface area contributed by atoms with E-state index < -0.39 is 0 Å². The van der Waals surface area contributed by atoms with Gasteiger partial charge in [-0.25, -0.2) is 0 Å². The molecule has 3 heteroatoms. The molecule has 0 aromatic heterocycles. The molecule has 0 aromatic rings. The maximum atomic E-state index is 10.8. The van der Waals surface area contributed by atoms with Crippen molar-refractivity contribution in [3.63, 3.8) is 0 Å². The summed E-state index contributed by atoms with van der Waals surface area (Å²) in [5.74, 6) is -0.164. The van der Waals surface area contributed by atoms with E-state index in [1.807, 2.05) is 20.8 Å². The molecule has 10 heavy (non-hydrogen) atoms. The summed E-state index contributed by atoms with van der Waals surface area (Å²) in [6.07, 6.45) is 0.414. The topological polar surface area (TPSA) is 53.9 Å². The molecule has 0 aliphatic rings. The number of ether oxygens (including phenoxy) is 1. The van der Waals surface area contributed by atoms with Crippen LogP contribution in [0.1, 0.15) is 27.2 Å². The fraction of sp³-hybridized carbons (Fsp3) is 0.857. The Labute approximate surface area is 61.5 Å². The van der Waals surface area contributed by atoms with Crippen LogP contribution in [-0.4, -0.2) is 18.1 Å². The summed E-state index contributed by atoms with van der Waals surface area (Å²) in [5.41, 5.74) is 3.20. The summed E-state index contributed by atoms with van der Waals surface area (Å²) in [5, 5.41) is 0. The van der Waals surface area contributed by atoms with Crippen LogP contribution < -0.4 is 5.73 Å². The average molecular weight is 146 g/mol. The first-order valence-electron chi connectivity index (χ1n) is 3.47. The van der Waals surface area contributed by atoms with Crippen LogP contribution in [0.5, 0.6) is 0 Å². The highest BCUT2D eigenvalue weighted by atomic mass is 16.6. The molecule has 0 radical (unpaired) electrons. The third-order valence-electron chi connectivity index (χ3n) is 0.801. The van der Waals surface area contributed by atoms with Crippen LogP contribution in [0.4, 0.5) is 0 Å². The highest BCUT2D eigenvalue weighted by Crippen LogP contribution is 2.07. The molecule has 0 spiro atoms. The van der Waals surface area contributed by atoms with Crippen molar-refractivity contribution in [1.29, 1.82) is 0 Å². The zero-order chi connectivity index (χ0) is 8.20. The van der Waals surface area contributed by atoms with Crippen LogP contribution in [0.2, 0.25) is 0 Å². The number of hydrogen-bond donors (Lipinski definition) is 1. The van der Waals surface area contributed by atoms with Crippen molar-refractivity contribution in [2.24, 2.45) is 0 Å². The van der Waals surface area contributed by atoms with Gasteiger partial charge in [-0.2, -0.15) is 0 Å². The molecule has 0 aliphatic heterocycles. The van der Waals surface area contributed by atoms with Gasteiger partial charge in [0.25, 0.3) is 0 Å². The molecule has 3 N–H and O–H groups in total. The fourth-order valence-electron chi connectivity index (χ4n) is 0.537. The Bertz CT molecular complexity index is 115. The van der Waals surface area contributed by atoms with Gasteiger partial charge >= 0.3 is 5.97 Å². The molecule has 0 saturated carbocycles. The molecule has 0 unspecified atom stereocenters. The van der Waals surface area contributed by atoms with E-state index in [2.05, 4.69) is 5.73 Å². The SMILES string of the molecule is CC(C)(C)OC(=O)CC[NH3+]. The van der Waals surface area contributed by atoms with Gasteiger partial charge in [0.15, 0.2) is 0 Å². The largest absolute Gasteiger partial charge is 0.460 e. The number of quaternary nitrogens is 1. The monoisotopic (exact) mass is 146 g/mol. The highest BCUT2D eigenvalue weighted by Gasteiger charge is 2.15. The van der Waals surface area contributed by atoms with E-state index in [0.29, 0.717) is 13.0 Å². The lowest BCUT2D eigenvalue weighted by molar-refractivity contribution is -0.367. The molecule has 0 aromatic carbocycles. The lowest BCUT2D eigenvalue weighted by Gasteiger charge is -2.18. The van der Waals surface area contributed by atoms with Crippen LogP contribution in [0, 0.1) is 0 Å². The van der Waals surface area contributed by atoms with Gasteiger partial charge in [0, 0.05) is 0 Å². The summed E-state index contributed by atoms with van der Waals surface area (Å²) in [6.45, 7) is 6.17. The second-order valence-corrected chi connectivity index (χ2v) is 3.19. The average Bonchev–Trinajstić information content (AvgIpc) is 1.59. The minimum absolute atomic E-state index is 0.164. The van der Waals surface area contributed by atoms with Crippen molar-refractivity contribution >= 4 is 5.97 Å². The smallest absolute Gasteiger partial charge is 0.312 e. The summed E-state index contributed by atoms with van der Waals surface area (Å²) in [7, 11) is 0. The van der Waals surface area contributed by atoms with Crippen LogP contribution in [0.25, 0.3) is 0 Å². The number of carbonyl (C=O) groups excluding carboxylic acids is 1. The highest BCUT2D eigenvalue weighted by molar-refractivity contribution is 5.69. The zero-order valence-corrected chi connectivity index (χ0v) is 6.94. The van der Waals surface area contributed by atoms with Crippen molar-refractivity contribution in [1.82, 2.24) is 0 Å². The van der Waals surface area contributed by atoms with Crippen molar-refractivity contribution < 1.29 is 15.3 Å². The molecule has 0 aliphatic carbocycles. The number of hydrogen-bond acceptors (Lipinski definition) is 2. The van der Waals surface area contributed by atoms with Gasteiger partial charge in [-0.3, -0.25) is 4.79 Å². The Balaban J connectivity index is 3.58. The molecule has 60 valence electrons. The predicted octanol–water partition coefficient (Wildman–Crippen LogP) is -0.0399. The Kier molecular flexibility index (Phi) is 3.36. The lowest BCUT2D eigenvalue weighted by atomic mass is 10.2. The lowest BCUT2D eigenvalue weighted by Crippen LogP contribution is -2.51. The normalized spacial score (nSPS) is 11.2. The van der Waals surface area contributed by atoms with Crippen LogP contribution in [0.15, 0.2) is 0 Å². The first-order valence-corrected chi connectivity index (χ1v) is 3.47. The number of rotatable bonds is 2. The third-order valence-corrected chi connectivity index (χ3v) is 0.801. The Morgan fingerprint density at radius 2 is 2.00 bits per heavy atom. The Morgan fingerprint density at radius 3 is 2.30 bits per heavy atom. The first kappa shape index (κ1) is 9.43. The van der Waals surface area contributed by atoms with E-state index in [-0.39, 0.29) is 11.6 Å². The van der Waals surface area contributed by atoms with E-state index in [1.54, 1.807) is 0 Å². The van der Waals surface area contributed by atoms with E-state index in [9.17, 15) is 4.79 Å². The fourth-order valence-corrected chi connectivity index (χ4v) is 0.537. The molecule has 0 amide bonds. The maximum absolute atomic E-state index is 10.8. The molecule has 0 heterocycles. The van der Waals surface area contributed by atoms with E-state index in [4.69, 9.17) is 4.74 Å². The van der Waals surface area contributed by atoms with Crippen molar-refractivity contribution in [3.05, 3.63) is 0 Å². The van der Waals surface area contributed by atoms with Gasteiger partial charge in [0.2, 0.25) is 0 Å². The van der Waals surface area contributed by atoms with Gasteiger partial charge < -0.3 is 10.5 Å². The third kappa shape index (κ3) is 5.56. The molecular weight excluding hydrogens is 130 g/mol. The van der Waals surface area contributed by atoms with Gasteiger partial charge in [0.05, 0.1) is 13.0 Å². The Morgan fingerprint density at radius 1 is 1.50 bits per heavy atom. The van der Waals surface area contributed by atoms with E-state index in [0.717, 1.165) is 0 Å². The molecule has 0 rings (SSSR count). The number of carbonyl (C=O) groups is 1. The van der Waals surface area contributed by atoms with Gasteiger partial charge in [-0.1, -0.05) is 0 Å². The zero-order valence-electron chi connectivity index (χ0n) is 6.94. The molecular formula is C7H16NO2+. The molecule has 0 saturated heterocycles.